The number of piperidine rings is 1. The Kier molecular flexibility index (Phi) is 5.80. The summed E-state index contributed by atoms with van der Waals surface area (Å²) in [6.07, 6.45) is -0.590. The van der Waals surface area contributed by atoms with Crippen molar-refractivity contribution in [3.8, 4) is 17.0 Å². The van der Waals surface area contributed by atoms with Gasteiger partial charge < -0.3 is 19.4 Å². The molecule has 13 heteroatoms. The summed E-state index contributed by atoms with van der Waals surface area (Å²) in [7, 11) is 1.43. The van der Waals surface area contributed by atoms with E-state index in [2.05, 4.69) is 20.4 Å². The Morgan fingerprint density at radius 2 is 2.16 bits per heavy atom. The summed E-state index contributed by atoms with van der Waals surface area (Å²) in [5.41, 5.74) is 1.61. The molecule has 0 amide bonds. The third kappa shape index (κ3) is 4.35. The molecule has 2 saturated heterocycles. The van der Waals surface area contributed by atoms with Crippen molar-refractivity contribution in [2.45, 2.75) is 37.6 Å². The molecule has 0 saturated carbocycles. The zero-order valence-electron chi connectivity index (χ0n) is 20.9. The predicted octanol–water partition coefficient (Wildman–Crippen LogP) is 3.38. The molecule has 0 unspecified atom stereocenters. The number of hydrogen-bond acceptors (Lipinski definition) is 7. The second-order valence-corrected chi connectivity index (χ2v) is 9.14. The zero-order valence-corrected chi connectivity index (χ0v) is 19.9. The summed E-state index contributed by atoms with van der Waals surface area (Å²) in [4.78, 5) is 10.1. The van der Waals surface area contributed by atoms with E-state index >= 15 is 4.39 Å². The quantitative estimate of drug-likeness (QED) is 0.374. The molecule has 2 aliphatic heterocycles. The topological polar surface area (TPSA) is 81.7 Å². The van der Waals surface area contributed by atoms with Gasteiger partial charge in [0.05, 0.1) is 52.1 Å². The molecule has 0 radical (unpaired) electrons. The first-order chi connectivity index (χ1) is 18.3. The number of aromatic nitrogens is 5. The fourth-order valence-electron chi connectivity index (χ4n) is 4.90. The van der Waals surface area contributed by atoms with Crippen LogP contribution < -0.4 is 10.1 Å². The van der Waals surface area contributed by atoms with E-state index in [1.807, 2.05) is 0 Å². The lowest BCUT2D eigenvalue weighted by Gasteiger charge is -2.42. The lowest BCUT2D eigenvalue weighted by Crippen LogP contribution is -2.57. The predicted molar refractivity (Wildman–Crippen MR) is 127 cm³/mol. The van der Waals surface area contributed by atoms with Gasteiger partial charge in [-0.05, 0) is 30.2 Å². The molecule has 1 N–H and O–H groups in total. The number of nitrogens with zero attached hydrogens (tertiary/aromatic N) is 6. The number of nitrogens with one attached hydrogen (secondary N) is 1. The number of likely N-dealkylation sites (tertiary alicyclic amines) is 1. The molecule has 196 valence electrons. The Labute approximate surface area is 210 Å². The molecule has 4 aromatic rings. The van der Waals surface area contributed by atoms with Crippen LogP contribution in [0.5, 0.6) is 5.88 Å². The van der Waals surface area contributed by atoms with Crippen LogP contribution in [0.15, 0.2) is 30.7 Å². The molecule has 2 fully saturated rings. The summed E-state index contributed by atoms with van der Waals surface area (Å²) in [5, 5.41) is 7.50. The average Bonchev–Trinajstić information content (AvgIpc) is 3.47. The van der Waals surface area contributed by atoms with Crippen LogP contribution in [0.2, 0.25) is 0 Å². The zero-order chi connectivity index (χ0) is 26.6. The first kappa shape index (κ1) is 22.7. The van der Waals surface area contributed by atoms with Gasteiger partial charge in [-0.1, -0.05) is 0 Å². The molecule has 5 heterocycles. The maximum atomic E-state index is 15.0. The van der Waals surface area contributed by atoms with E-state index in [4.69, 9.17) is 10.8 Å². The molecular weight excluding hydrogens is 494 g/mol. The van der Waals surface area contributed by atoms with Crippen LogP contribution in [0, 0.1) is 5.82 Å². The summed E-state index contributed by atoms with van der Waals surface area (Å²) in [6.45, 7) is 0.580. The van der Waals surface area contributed by atoms with Crippen molar-refractivity contribution >= 4 is 22.5 Å². The van der Waals surface area contributed by atoms with E-state index in [1.165, 1.54) is 28.6 Å². The van der Waals surface area contributed by atoms with Crippen molar-refractivity contribution in [3.05, 3.63) is 36.5 Å². The standard InChI is InChI=1S/C24H25F4N7O2/c1-36-23-22-15(13-6-16(25)21-19(7-13)34(12-29-21)9-20(27)28)2-5-35(22)32-24(31-23)30-18-3-4-33(8-17(18)26)14-10-37-11-14/h2,5-7,12,14,17-18,20H,3-4,8-11H2,1H3,(H,30,32)/t17-,18+/m1/s1/i14D. The van der Waals surface area contributed by atoms with Crippen molar-refractivity contribution in [1.82, 2.24) is 29.0 Å². The largest absolute Gasteiger partial charge is 0.479 e. The van der Waals surface area contributed by atoms with Gasteiger partial charge in [0.1, 0.15) is 17.2 Å². The maximum absolute atomic E-state index is 15.0. The first-order valence-corrected chi connectivity index (χ1v) is 11.9. The molecule has 37 heavy (non-hydrogen) atoms. The van der Waals surface area contributed by atoms with Crippen LogP contribution in [0.25, 0.3) is 27.7 Å². The summed E-state index contributed by atoms with van der Waals surface area (Å²) in [6, 6.07) is 3.13. The molecule has 0 bridgehead atoms. The first-order valence-electron chi connectivity index (χ1n) is 12.4. The number of halogens is 4. The Bertz CT molecular complexity index is 1490. The number of fused-ring (bicyclic) bond motifs is 2. The van der Waals surface area contributed by atoms with Gasteiger partial charge in [0.15, 0.2) is 5.82 Å². The lowest BCUT2D eigenvalue weighted by molar-refractivity contribution is -0.0794. The number of alkyl halides is 3. The van der Waals surface area contributed by atoms with Gasteiger partial charge in [0, 0.05) is 24.8 Å². The molecule has 2 aliphatic rings. The Morgan fingerprint density at radius 3 is 2.86 bits per heavy atom. The second kappa shape index (κ2) is 9.45. The highest BCUT2D eigenvalue weighted by Crippen LogP contribution is 2.34. The number of ether oxygens (including phenoxy) is 2. The van der Waals surface area contributed by atoms with Crippen LogP contribution in [-0.2, 0) is 11.3 Å². The number of hydrogen-bond donors (Lipinski definition) is 1. The summed E-state index contributed by atoms with van der Waals surface area (Å²) >= 11 is 0. The average molecular weight is 521 g/mol. The highest BCUT2D eigenvalue weighted by Gasteiger charge is 2.35. The Balaban J connectivity index is 1.30. The van der Waals surface area contributed by atoms with Gasteiger partial charge in [-0.15, -0.1) is 5.10 Å². The van der Waals surface area contributed by atoms with E-state index in [0.29, 0.717) is 29.6 Å². The Morgan fingerprint density at radius 1 is 1.32 bits per heavy atom. The minimum atomic E-state index is -2.62. The minimum Gasteiger partial charge on any atom is -0.479 e. The van der Waals surface area contributed by atoms with Crippen LogP contribution in [0.1, 0.15) is 7.79 Å². The van der Waals surface area contributed by atoms with Gasteiger partial charge in [-0.2, -0.15) is 4.98 Å². The van der Waals surface area contributed by atoms with Crippen LogP contribution >= 0.6 is 0 Å². The molecule has 0 spiro atoms. The van der Waals surface area contributed by atoms with Crippen molar-refractivity contribution in [1.29, 1.82) is 0 Å². The monoisotopic (exact) mass is 520 g/mol. The third-order valence-electron chi connectivity index (χ3n) is 6.84. The van der Waals surface area contributed by atoms with E-state index in [0.717, 1.165) is 0 Å². The number of rotatable bonds is 7. The van der Waals surface area contributed by atoms with Gasteiger partial charge in [0.25, 0.3) is 6.43 Å². The van der Waals surface area contributed by atoms with E-state index in [-0.39, 0.29) is 42.6 Å². The van der Waals surface area contributed by atoms with Gasteiger partial charge in [-0.25, -0.2) is 27.1 Å². The molecule has 9 nitrogen and oxygen atoms in total. The number of methoxy groups -OCH3 is 1. The smallest absolute Gasteiger partial charge is 0.256 e. The molecule has 1 aromatic carbocycles. The van der Waals surface area contributed by atoms with Crippen molar-refractivity contribution in [3.63, 3.8) is 0 Å². The fourth-order valence-corrected chi connectivity index (χ4v) is 4.90. The van der Waals surface area contributed by atoms with Crippen LogP contribution in [0.3, 0.4) is 0 Å². The van der Waals surface area contributed by atoms with Gasteiger partial charge in [0.2, 0.25) is 11.8 Å². The fraction of sp³-hybridized carbons (Fsp3) is 0.458. The number of imidazole rings is 1. The highest BCUT2D eigenvalue weighted by atomic mass is 19.3. The van der Waals surface area contributed by atoms with Crippen LogP contribution in [0.4, 0.5) is 23.5 Å². The third-order valence-corrected chi connectivity index (χ3v) is 6.84. The van der Waals surface area contributed by atoms with Crippen molar-refractivity contribution < 1.29 is 28.4 Å². The number of benzene rings is 1. The lowest BCUT2D eigenvalue weighted by atomic mass is 10.0. The molecule has 3 aromatic heterocycles. The van der Waals surface area contributed by atoms with E-state index < -0.39 is 37.0 Å². The Hall–Kier alpha value is -3.45. The highest BCUT2D eigenvalue weighted by molar-refractivity contribution is 5.90. The van der Waals surface area contributed by atoms with Crippen molar-refractivity contribution in [2.24, 2.45) is 0 Å². The maximum Gasteiger partial charge on any atom is 0.256 e. The van der Waals surface area contributed by atoms with Crippen LogP contribution in [-0.4, -0.2) is 87.1 Å². The molecule has 2 atom stereocenters. The summed E-state index contributed by atoms with van der Waals surface area (Å²) < 4.78 is 77.6. The number of anilines is 1. The molecule has 0 aliphatic carbocycles. The van der Waals surface area contributed by atoms with E-state index in [1.54, 1.807) is 23.2 Å². The SMILES string of the molecule is [2H]C1(N2CC[C@H](Nc3nc(OC)c4c(-c5cc(F)c6ncn(CC(F)F)c6c5)ccn4n3)[C@H](F)C2)COC1. The molecule has 6 rings (SSSR count). The summed E-state index contributed by atoms with van der Waals surface area (Å²) in [5.74, 6) is -0.318. The molecular formula is C24H25F4N7O2. The van der Waals surface area contributed by atoms with Gasteiger partial charge >= 0.3 is 0 Å². The van der Waals surface area contributed by atoms with Crippen molar-refractivity contribution in [2.75, 3.05) is 38.7 Å². The van der Waals surface area contributed by atoms with E-state index in [9.17, 15) is 13.2 Å². The minimum absolute atomic E-state index is 0.000567. The second-order valence-electron chi connectivity index (χ2n) is 9.14. The van der Waals surface area contributed by atoms with Gasteiger partial charge in [-0.3, -0.25) is 4.90 Å². The normalized spacial score (nSPS) is 22.4.